The first-order valence-corrected chi connectivity index (χ1v) is 5.23. The largest absolute Gasteiger partial charge is 0.464 e. The first-order chi connectivity index (χ1) is 7.79. The monoisotopic (exact) mass is 220 g/mol. The summed E-state index contributed by atoms with van der Waals surface area (Å²) in [4.78, 5) is 11.7. The fourth-order valence-electron chi connectivity index (χ4n) is 1.31. The fourth-order valence-corrected chi connectivity index (χ4v) is 1.31. The molecule has 1 atom stereocenters. The molecule has 0 spiro atoms. The zero-order valence-electron chi connectivity index (χ0n) is 9.39. The van der Waals surface area contributed by atoms with Crippen LogP contribution in [0.4, 0.5) is 0 Å². The standard InChI is InChI=1S/C13H16O3/c1-3-10-16-12(13(14)15-4-2)11-8-6-5-7-9-11/h3,5-9,12H,1,4,10H2,2H3/t12-/m0/s1. The summed E-state index contributed by atoms with van der Waals surface area (Å²) < 4.78 is 10.4. The number of esters is 1. The number of hydrogen-bond donors (Lipinski definition) is 0. The van der Waals surface area contributed by atoms with E-state index in [0.717, 1.165) is 5.56 Å². The molecule has 0 aliphatic carbocycles. The van der Waals surface area contributed by atoms with Gasteiger partial charge in [-0.25, -0.2) is 4.79 Å². The molecule has 3 nitrogen and oxygen atoms in total. The smallest absolute Gasteiger partial charge is 0.339 e. The lowest BCUT2D eigenvalue weighted by molar-refractivity contribution is -0.156. The molecule has 0 heterocycles. The van der Waals surface area contributed by atoms with E-state index >= 15 is 0 Å². The maximum Gasteiger partial charge on any atom is 0.339 e. The molecular weight excluding hydrogens is 204 g/mol. The van der Waals surface area contributed by atoms with Crippen molar-refractivity contribution in [2.45, 2.75) is 13.0 Å². The number of carbonyl (C=O) groups excluding carboxylic acids is 1. The predicted molar refractivity (Wildman–Crippen MR) is 62.0 cm³/mol. The molecule has 16 heavy (non-hydrogen) atoms. The topological polar surface area (TPSA) is 35.5 Å². The highest BCUT2D eigenvalue weighted by Crippen LogP contribution is 2.18. The third kappa shape index (κ3) is 3.51. The van der Waals surface area contributed by atoms with Crippen molar-refractivity contribution in [3.63, 3.8) is 0 Å². The van der Waals surface area contributed by atoms with Gasteiger partial charge in [0.15, 0.2) is 6.10 Å². The number of ether oxygens (including phenoxy) is 2. The third-order valence-electron chi connectivity index (χ3n) is 1.98. The Morgan fingerprint density at radius 1 is 1.44 bits per heavy atom. The number of carbonyl (C=O) groups is 1. The second-order valence-corrected chi connectivity index (χ2v) is 3.16. The molecule has 0 amide bonds. The van der Waals surface area contributed by atoms with E-state index in [9.17, 15) is 4.79 Å². The summed E-state index contributed by atoms with van der Waals surface area (Å²) in [5, 5.41) is 0. The van der Waals surface area contributed by atoms with Crippen LogP contribution >= 0.6 is 0 Å². The van der Waals surface area contributed by atoms with Gasteiger partial charge >= 0.3 is 5.97 Å². The van der Waals surface area contributed by atoms with Gasteiger partial charge in [0.25, 0.3) is 0 Å². The molecule has 0 bridgehead atoms. The van der Waals surface area contributed by atoms with Gasteiger partial charge in [-0.2, -0.15) is 0 Å². The van der Waals surface area contributed by atoms with Crippen LogP contribution in [0.5, 0.6) is 0 Å². The van der Waals surface area contributed by atoms with Gasteiger partial charge in [-0.1, -0.05) is 36.4 Å². The first-order valence-electron chi connectivity index (χ1n) is 5.23. The Morgan fingerprint density at radius 2 is 2.12 bits per heavy atom. The average Bonchev–Trinajstić information content (AvgIpc) is 2.31. The summed E-state index contributed by atoms with van der Waals surface area (Å²) >= 11 is 0. The number of rotatable bonds is 6. The normalized spacial score (nSPS) is 11.8. The molecule has 1 aromatic rings. The highest BCUT2D eigenvalue weighted by atomic mass is 16.6. The average molecular weight is 220 g/mol. The lowest BCUT2D eigenvalue weighted by Gasteiger charge is -2.15. The zero-order valence-corrected chi connectivity index (χ0v) is 9.39. The Kier molecular flexibility index (Phi) is 5.29. The highest BCUT2D eigenvalue weighted by Gasteiger charge is 2.21. The van der Waals surface area contributed by atoms with Crippen LogP contribution in [0.2, 0.25) is 0 Å². The SMILES string of the molecule is C=CCO[C@H](C(=O)OCC)c1ccccc1. The summed E-state index contributed by atoms with van der Waals surface area (Å²) in [6.45, 7) is 5.99. The predicted octanol–water partition coefficient (Wildman–Crippen LogP) is 2.49. The molecule has 0 aliphatic rings. The van der Waals surface area contributed by atoms with Crippen LogP contribution < -0.4 is 0 Å². The van der Waals surface area contributed by atoms with Gasteiger partial charge < -0.3 is 9.47 Å². The van der Waals surface area contributed by atoms with Crippen LogP contribution in [0, 0.1) is 0 Å². The van der Waals surface area contributed by atoms with Crippen molar-refractivity contribution in [3.8, 4) is 0 Å². The number of hydrogen-bond acceptors (Lipinski definition) is 3. The Morgan fingerprint density at radius 3 is 2.69 bits per heavy atom. The van der Waals surface area contributed by atoms with Crippen LogP contribution in [0.25, 0.3) is 0 Å². The molecule has 0 fully saturated rings. The van der Waals surface area contributed by atoms with Crippen LogP contribution in [0.1, 0.15) is 18.6 Å². The molecule has 0 aliphatic heterocycles. The third-order valence-corrected chi connectivity index (χ3v) is 1.98. The Hall–Kier alpha value is -1.61. The lowest BCUT2D eigenvalue weighted by atomic mass is 10.1. The fraction of sp³-hybridized carbons (Fsp3) is 0.308. The summed E-state index contributed by atoms with van der Waals surface area (Å²) in [6, 6.07) is 9.28. The molecule has 0 radical (unpaired) electrons. The van der Waals surface area contributed by atoms with Crippen molar-refractivity contribution < 1.29 is 14.3 Å². The molecule has 1 aromatic carbocycles. The number of benzene rings is 1. The van der Waals surface area contributed by atoms with Gasteiger partial charge in [0.05, 0.1) is 13.2 Å². The minimum absolute atomic E-state index is 0.318. The molecule has 3 heteroatoms. The van der Waals surface area contributed by atoms with E-state index in [1.807, 2.05) is 30.3 Å². The minimum Gasteiger partial charge on any atom is -0.464 e. The van der Waals surface area contributed by atoms with Crippen molar-refractivity contribution in [3.05, 3.63) is 48.6 Å². The van der Waals surface area contributed by atoms with Crippen molar-refractivity contribution >= 4 is 5.97 Å². The maximum absolute atomic E-state index is 11.7. The molecule has 0 saturated carbocycles. The Labute approximate surface area is 95.7 Å². The molecule has 0 saturated heterocycles. The Balaban J connectivity index is 2.78. The van der Waals surface area contributed by atoms with E-state index in [0.29, 0.717) is 13.2 Å². The van der Waals surface area contributed by atoms with Crippen molar-refractivity contribution in [1.29, 1.82) is 0 Å². The minimum atomic E-state index is -0.667. The molecule has 0 aromatic heterocycles. The molecule has 86 valence electrons. The van der Waals surface area contributed by atoms with E-state index in [1.165, 1.54) is 0 Å². The van der Waals surface area contributed by atoms with Gasteiger partial charge in [0.1, 0.15) is 0 Å². The van der Waals surface area contributed by atoms with Gasteiger partial charge in [-0.3, -0.25) is 0 Å². The van der Waals surface area contributed by atoms with Crippen LogP contribution in [-0.2, 0) is 14.3 Å². The van der Waals surface area contributed by atoms with Crippen molar-refractivity contribution in [2.24, 2.45) is 0 Å². The van der Waals surface area contributed by atoms with E-state index < -0.39 is 6.10 Å². The molecule has 0 unspecified atom stereocenters. The van der Waals surface area contributed by atoms with E-state index in [4.69, 9.17) is 9.47 Å². The zero-order chi connectivity index (χ0) is 11.8. The van der Waals surface area contributed by atoms with Crippen molar-refractivity contribution in [1.82, 2.24) is 0 Å². The van der Waals surface area contributed by atoms with Gasteiger partial charge in [-0.05, 0) is 12.5 Å². The summed E-state index contributed by atoms with van der Waals surface area (Å²) in [5.74, 6) is -0.365. The molecule has 0 N–H and O–H groups in total. The van der Waals surface area contributed by atoms with E-state index in [-0.39, 0.29) is 5.97 Å². The van der Waals surface area contributed by atoms with E-state index in [2.05, 4.69) is 6.58 Å². The van der Waals surface area contributed by atoms with Crippen LogP contribution in [0.15, 0.2) is 43.0 Å². The molecular formula is C13H16O3. The summed E-state index contributed by atoms with van der Waals surface area (Å²) in [7, 11) is 0. The summed E-state index contributed by atoms with van der Waals surface area (Å²) in [5.41, 5.74) is 0.794. The maximum atomic E-state index is 11.7. The van der Waals surface area contributed by atoms with Gasteiger partial charge in [0, 0.05) is 0 Å². The second-order valence-electron chi connectivity index (χ2n) is 3.16. The van der Waals surface area contributed by atoms with Gasteiger partial charge in [-0.15, -0.1) is 6.58 Å². The molecule has 1 rings (SSSR count). The van der Waals surface area contributed by atoms with E-state index in [1.54, 1.807) is 13.0 Å². The first kappa shape index (κ1) is 12.5. The quantitative estimate of drug-likeness (QED) is 0.546. The van der Waals surface area contributed by atoms with Crippen molar-refractivity contribution in [2.75, 3.05) is 13.2 Å². The van der Waals surface area contributed by atoms with Crippen LogP contribution in [0.3, 0.4) is 0 Å². The summed E-state index contributed by atoms with van der Waals surface area (Å²) in [6.07, 6.45) is 0.939. The van der Waals surface area contributed by atoms with Crippen LogP contribution in [-0.4, -0.2) is 19.2 Å². The highest BCUT2D eigenvalue weighted by molar-refractivity contribution is 5.76. The Bertz CT molecular complexity index is 332. The van der Waals surface area contributed by atoms with Gasteiger partial charge in [0.2, 0.25) is 0 Å². The lowest BCUT2D eigenvalue weighted by Crippen LogP contribution is -2.19. The second kappa shape index (κ2) is 6.80.